The zero-order chi connectivity index (χ0) is 12.5. The summed E-state index contributed by atoms with van der Waals surface area (Å²) in [6, 6.07) is 4.13. The minimum atomic E-state index is -0.374. The van der Waals surface area contributed by atoms with Crippen molar-refractivity contribution in [2.24, 2.45) is 0 Å². The van der Waals surface area contributed by atoms with Gasteiger partial charge in [-0.1, -0.05) is 11.8 Å². The van der Waals surface area contributed by atoms with Crippen LogP contribution in [0.2, 0.25) is 0 Å². The number of aliphatic hydroxyl groups excluding tert-OH is 1. The minimum Gasteiger partial charge on any atom is -0.492 e. The molecule has 0 bridgehead atoms. The number of benzene rings is 1. The molecule has 0 heterocycles. The van der Waals surface area contributed by atoms with Gasteiger partial charge < -0.3 is 14.6 Å². The summed E-state index contributed by atoms with van der Waals surface area (Å²) in [5, 5.41) is 8.61. The molecule has 4 heteroatoms. The third-order valence-corrected chi connectivity index (χ3v) is 2.00. The molecule has 0 amide bonds. The molecular weight excluding hydrogens is 223 g/mol. The fourth-order valence-electron chi connectivity index (χ4n) is 1.24. The molecule has 0 fully saturated rings. The van der Waals surface area contributed by atoms with Crippen LogP contribution in [0.15, 0.2) is 18.2 Å². The van der Waals surface area contributed by atoms with Crippen molar-refractivity contribution in [3.05, 3.63) is 29.6 Å². The predicted molar refractivity (Wildman–Crippen MR) is 62.4 cm³/mol. The van der Waals surface area contributed by atoms with Crippen molar-refractivity contribution in [2.75, 3.05) is 26.9 Å². The highest BCUT2D eigenvalue weighted by Crippen LogP contribution is 2.19. The SMILES string of the molecule is COCCCOc1cc(F)ccc1C#CCO. The Morgan fingerprint density at radius 3 is 2.88 bits per heavy atom. The highest BCUT2D eigenvalue weighted by Gasteiger charge is 2.03. The van der Waals surface area contributed by atoms with E-state index >= 15 is 0 Å². The quantitative estimate of drug-likeness (QED) is 0.625. The first kappa shape index (κ1) is 13.5. The number of hydrogen-bond acceptors (Lipinski definition) is 3. The van der Waals surface area contributed by atoms with Gasteiger partial charge in [-0.2, -0.15) is 0 Å². The van der Waals surface area contributed by atoms with Crippen LogP contribution in [0, 0.1) is 17.7 Å². The van der Waals surface area contributed by atoms with E-state index in [0.717, 1.165) is 6.42 Å². The monoisotopic (exact) mass is 238 g/mol. The lowest BCUT2D eigenvalue weighted by atomic mass is 10.2. The molecule has 0 spiro atoms. The van der Waals surface area contributed by atoms with Gasteiger partial charge in [0.25, 0.3) is 0 Å². The third-order valence-electron chi connectivity index (χ3n) is 2.00. The van der Waals surface area contributed by atoms with Gasteiger partial charge in [-0.3, -0.25) is 0 Å². The second kappa shape index (κ2) is 7.66. The number of ether oxygens (including phenoxy) is 2. The zero-order valence-electron chi connectivity index (χ0n) is 9.70. The Kier molecular flexibility index (Phi) is 6.08. The molecular formula is C13H15FO3. The Hall–Kier alpha value is -1.57. The molecule has 0 aliphatic carbocycles. The van der Waals surface area contributed by atoms with Crippen molar-refractivity contribution >= 4 is 0 Å². The Balaban J connectivity index is 2.69. The maximum Gasteiger partial charge on any atom is 0.137 e. The number of halogens is 1. The average Bonchev–Trinajstić information content (AvgIpc) is 2.33. The molecule has 92 valence electrons. The van der Waals surface area contributed by atoms with Crippen molar-refractivity contribution in [3.8, 4) is 17.6 Å². The second-order valence-corrected chi connectivity index (χ2v) is 3.30. The Labute approximate surface area is 100 Å². The molecule has 0 saturated heterocycles. The zero-order valence-corrected chi connectivity index (χ0v) is 9.70. The highest BCUT2D eigenvalue weighted by molar-refractivity contribution is 5.46. The Morgan fingerprint density at radius 1 is 1.35 bits per heavy atom. The predicted octanol–water partition coefficient (Wildman–Crippen LogP) is 1.58. The summed E-state index contributed by atoms with van der Waals surface area (Å²) in [6.45, 7) is 0.790. The van der Waals surface area contributed by atoms with Gasteiger partial charge in [-0.05, 0) is 12.1 Å². The normalized spacial score (nSPS) is 9.59. The number of methoxy groups -OCH3 is 1. The summed E-state index contributed by atoms with van der Waals surface area (Å²) in [4.78, 5) is 0. The molecule has 0 aromatic heterocycles. The fraction of sp³-hybridized carbons (Fsp3) is 0.385. The van der Waals surface area contributed by atoms with E-state index in [-0.39, 0.29) is 12.4 Å². The van der Waals surface area contributed by atoms with E-state index in [1.54, 1.807) is 7.11 Å². The summed E-state index contributed by atoms with van der Waals surface area (Å²) < 4.78 is 23.3. The lowest BCUT2D eigenvalue weighted by molar-refractivity contribution is 0.172. The van der Waals surface area contributed by atoms with Gasteiger partial charge >= 0.3 is 0 Å². The van der Waals surface area contributed by atoms with Crippen molar-refractivity contribution in [1.29, 1.82) is 0 Å². The number of rotatable bonds is 5. The van der Waals surface area contributed by atoms with Gasteiger partial charge in [0.2, 0.25) is 0 Å². The lowest BCUT2D eigenvalue weighted by Gasteiger charge is -2.08. The Morgan fingerprint density at radius 2 is 2.18 bits per heavy atom. The van der Waals surface area contributed by atoms with Gasteiger partial charge in [-0.15, -0.1) is 0 Å². The first-order valence-corrected chi connectivity index (χ1v) is 5.29. The molecule has 0 saturated carbocycles. The number of hydrogen-bond donors (Lipinski definition) is 1. The first-order valence-electron chi connectivity index (χ1n) is 5.29. The van der Waals surface area contributed by atoms with Crippen LogP contribution < -0.4 is 4.74 Å². The molecule has 0 atom stereocenters. The summed E-state index contributed by atoms with van der Waals surface area (Å²) >= 11 is 0. The van der Waals surface area contributed by atoms with Crippen molar-refractivity contribution in [1.82, 2.24) is 0 Å². The maximum atomic E-state index is 13.0. The van der Waals surface area contributed by atoms with Crippen LogP contribution in [0.1, 0.15) is 12.0 Å². The molecule has 1 N–H and O–H groups in total. The molecule has 1 aromatic rings. The topological polar surface area (TPSA) is 38.7 Å². The highest BCUT2D eigenvalue weighted by atomic mass is 19.1. The fourth-order valence-corrected chi connectivity index (χ4v) is 1.24. The van der Waals surface area contributed by atoms with E-state index in [9.17, 15) is 4.39 Å². The molecule has 0 radical (unpaired) electrons. The molecule has 0 aliphatic rings. The van der Waals surface area contributed by atoms with Gasteiger partial charge in [0.05, 0.1) is 12.2 Å². The van der Waals surface area contributed by atoms with Crippen molar-refractivity contribution in [3.63, 3.8) is 0 Å². The van der Waals surface area contributed by atoms with Gasteiger partial charge in [0.1, 0.15) is 18.2 Å². The van der Waals surface area contributed by atoms with Crippen LogP contribution in [0.5, 0.6) is 5.75 Å². The summed E-state index contributed by atoms with van der Waals surface area (Å²) in [5.41, 5.74) is 0.567. The minimum absolute atomic E-state index is 0.236. The van der Waals surface area contributed by atoms with Gasteiger partial charge in [-0.25, -0.2) is 4.39 Å². The van der Waals surface area contributed by atoms with E-state index in [1.807, 2.05) is 0 Å². The van der Waals surface area contributed by atoms with Crippen LogP contribution in [0.25, 0.3) is 0 Å². The van der Waals surface area contributed by atoms with Crippen LogP contribution in [-0.4, -0.2) is 32.0 Å². The summed E-state index contributed by atoms with van der Waals surface area (Å²) in [5.74, 6) is 5.23. The van der Waals surface area contributed by atoms with Crippen LogP contribution >= 0.6 is 0 Å². The van der Waals surface area contributed by atoms with E-state index in [0.29, 0.717) is 24.5 Å². The van der Waals surface area contributed by atoms with E-state index in [2.05, 4.69) is 11.8 Å². The van der Waals surface area contributed by atoms with Crippen LogP contribution in [-0.2, 0) is 4.74 Å². The van der Waals surface area contributed by atoms with Crippen LogP contribution in [0.4, 0.5) is 4.39 Å². The third kappa shape index (κ3) is 4.85. The Bertz CT molecular complexity index is 407. The average molecular weight is 238 g/mol. The molecule has 1 rings (SSSR count). The molecule has 17 heavy (non-hydrogen) atoms. The molecule has 1 aromatic carbocycles. The standard InChI is InChI=1S/C13H15FO3/c1-16-8-3-9-17-13-10-12(14)6-5-11(13)4-2-7-15/h5-6,10,15H,3,7-9H2,1H3. The smallest absolute Gasteiger partial charge is 0.137 e. The van der Waals surface area contributed by atoms with Crippen LogP contribution in [0.3, 0.4) is 0 Å². The molecule has 3 nitrogen and oxygen atoms in total. The van der Waals surface area contributed by atoms with Gasteiger partial charge in [0.15, 0.2) is 0 Å². The van der Waals surface area contributed by atoms with Gasteiger partial charge in [0, 0.05) is 26.2 Å². The maximum absolute atomic E-state index is 13.0. The van der Waals surface area contributed by atoms with Crippen molar-refractivity contribution < 1.29 is 19.0 Å². The second-order valence-electron chi connectivity index (χ2n) is 3.30. The van der Waals surface area contributed by atoms with E-state index < -0.39 is 0 Å². The molecule has 0 unspecified atom stereocenters. The number of aliphatic hydroxyl groups is 1. The first-order chi connectivity index (χ1) is 8.27. The largest absolute Gasteiger partial charge is 0.492 e. The summed E-state index contributed by atoms with van der Waals surface area (Å²) in [7, 11) is 1.61. The summed E-state index contributed by atoms with van der Waals surface area (Å²) in [6.07, 6.45) is 0.722. The lowest BCUT2D eigenvalue weighted by Crippen LogP contribution is -2.02. The van der Waals surface area contributed by atoms with E-state index in [4.69, 9.17) is 14.6 Å². The molecule has 0 aliphatic heterocycles. The van der Waals surface area contributed by atoms with Crippen molar-refractivity contribution in [2.45, 2.75) is 6.42 Å². The van der Waals surface area contributed by atoms with E-state index in [1.165, 1.54) is 18.2 Å².